The first-order valence-electron chi connectivity index (χ1n) is 6.27. The highest BCUT2D eigenvalue weighted by Gasteiger charge is 2.18. The fourth-order valence-electron chi connectivity index (χ4n) is 2.09. The maximum absolute atomic E-state index is 11.4. The molecular weight excluding hydrogens is 204 g/mol. The van der Waals surface area contributed by atoms with Crippen molar-refractivity contribution in [1.29, 1.82) is 0 Å². The lowest BCUT2D eigenvalue weighted by Gasteiger charge is -2.26. The van der Waals surface area contributed by atoms with E-state index >= 15 is 0 Å². The number of hydrogen-bond acceptors (Lipinski definition) is 2. The van der Waals surface area contributed by atoms with Gasteiger partial charge < -0.3 is 15.7 Å². The van der Waals surface area contributed by atoms with E-state index in [0.717, 1.165) is 12.5 Å². The number of urea groups is 1. The van der Waals surface area contributed by atoms with Gasteiger partial charge in [-0.05, 0) is 31.6 Å². The fourth-order valence-corrected chi connectivity index (χ4v) is 2.09. The van der Waals surface area contributed by atoms with Crippen LogP contribution in [0.15, 0.2) is 0 Å². The molecule has 0 aromatic rings. The van der Waals surface area contributed by atoms with E-state index in [1.165, 1.54) is 25.7 Å². The summed E-state index contributed by atoms with van der Waals surface area (Å²) in [5, 5.41) is 14.3. The maximum atomic E-state index is 11.4. The Balaban J connectivity index is 2.12. The van der Waals surface area contributed by atoms with E-state index in [2.05, 4.69) is 17.6 Å². The van der Waals surface area contributed by atoms with E-state index in [1.54, 1.807) is 6.92 Å². The van der Waals surface area contributed by atoms with Gasteiger partial charge in [0.05, 0.1) is 12.6 Å². The van der Waals surface area contributed by atoms with Gasteiger partial charge in [-0.1, -0.05) is 19.8 Å². The number of amides is 2. The molecule has 4 nitrogen and oxygen atoms in total. The van der Waals surface area contributed by atoms with Crippen LogP contribution in [-0.4, -0.2) is 30.3 Å². The van der Waals surface area contributed by atoms with Crippen molar-refractivity contribution in [2.24, 2.45) is 11.8 Å². The van der Waals surface area contributed by atoms with Gasteiger partial charge in [-0.15, -0.1) is 0 Å². The molecule has 1 rings (SSSR count). The molecule has 94 valence electrons. The van der Waals surface area contributed by atoms with Crippen LogP contribution in [0.2, 0.25) is 0 Å². The predicted octanol–water partition coefficient (Wildman–Crippen LogP) is 1.49. The van der Waals surface area contributed by atoms with Crippen LogP contribution in [0, 0.1) is 11.8 Å². The summed E-state index contributed by atoms with van der Waals surface area (Å²) >= 11 is 0. The van der Waals surface area contributed by atoms with E-state index in [-0.39, 0.29) is 18.7 Å². The molecule has 0 heterocycles. The highest BCUT2D eigenvalue weighted by atomic mass is 16.3. The average molecular weight is 228 g/mol. The summed E-state index contributed by atoms with van der Waals surface area (Å²) in [6.45, 7) is 4.81. The fraction of sp³-hybridized carbons (Fsp3) is 0.917. The predicted molar refractivity (Wildman–Crippen MR) is 64.2 cm³/mol. The van der Waals surface area contributed by atoms with Crippen molar-refractivity contribution in [3.8, 4) is 0 Å². The minimum Gasteiger partial charge on any atom is -0.394 e. The summed E-state index contributed by atoms with van der Waals surface area (Å²) in [4.78, 5) is 11.4. The van der Waals surface area contributed by atoms with Gasteiger partial charge in [0.1, 0.15) is 0 Å². The van der Waals surface area contributed by atoms with E-state index in [1.807, 2.05) is 0 Å². The van der Waals surface area contributed by atoms with Crippen LogP contribution in [0.1, 0.15) is 39.5 Å². The Kier molecular flexibility index (Phi) is 5.60. The number of aliphatic hydroxyl groups is 1. The van der Waals surface area contributed by atoms with Crippen molar-refractivity contribution in [2.45, 2.75) is 45.6 Å². The summed E-state index contributed by atoms with van der Waals surface area (Å²) < 4.78 is 0. The topological polar surface area (TPSA) is 61.4 Å². The molecule has 4 heteroatoms. The Morgan fingerprint density at radius 3 is 2.56 bits per heavy atom. The second-order valence-corrected chi connectivity index (χ2v) is 5.06. The number of carbonyl (C=O) groups excluding carboxylic acids is 1. The van der Waals surface area contributed by atoms with Crippen LogP contribution in [0.25, 0.3) is 0 Å². The third-order valence-corrected chi connectivity index (χ3v) is 3.34. The maximum Gasteiger partial charge on any atom is 0.315 e. The number of rotatable bonds is 4. The largest absolute Gasteiger partial charge is 0.394 e. The zero-order valence-electron chi connectivity index (χ0n) is 10.3. The molecule has 0 aromatic carbocycles. The molecule has 0 spiro atoms. The highest BCUT2D eigenvalue weighted by molar-refractivity contribution is 5.74. The molecule has 0 aliphatic heterocycles. The SMILES string of the molecule is CC1CCC(CNC(=O)N[C@@H](C)CO)CC1. The zero-order chi connectivity index (χ0) is 12.0. The highest BCUT2D eigenvalue weighted by Crippen LogP contribution is 2.27. The number of aliphatic hydroxyl groups excluding tert-OH is 1. The molecule has 0 unspecified atom stereocenters. The molecule has 2 amide bonds. The number of hydrogen-bond donors (Lipinski definition) is 3. The first-order valence-corrected chi connectivity index (χ1v) is 6.27. The van der Waals surface area contributed by atoms with E-state index in [9.17, 15) is 4.79 Å². The van der Waals surface area contributed by atoms with Crippen LogP contribution < -0.4 is 10.6 Å². The third kappa shape index (κ3) is 4.84. The summed E-state index contributed by atoms with van der Waals surface area (Å²) in [5.41, 5.74) is 0. The second kappa shape index (κ2) is 6.74. The van der Waals surface area contributed by atoms with Crippen LogP contribution in [0.4, 0.5) is 4.79 Å². The number of nitrogens with one attached hydrogen (secondary N) is 2. The van der Waals surface area contributed by atoms with Gasteiger partial charge in [-0.2, -0.15) is 0 Å². The van der Waals surface area contributed by atoms with Gasteiger partial charge >= 0.3 is 6.03 Å². The van der Waals surface area contributed by atoms with Gasteiger partial charge in [0, 0.05) is 6.54 Å². The molecule has 0 bridgehead atoms. The Morgan fingerprint density at radius 1 is 1.38 bits per heavy atom. The lowest BCUT2D eigenvalue weighted by atomic mass is 9.83. The van der Waals surface area contributed by atoms with Crippen LogP contribution in [0.5, 0.6) is 0 Å². The van der Waals surface area contributed by atoms with Gasteiger partial charge in [-0.25, -0.2) is 4.79 Å². The lowest BCUT2D eigenvalue weighted by molar-refractivity contribution is 0.215. The molecule has 1 aliphatic carbocycles. The van der Waals surface area contributed by atoms with Crippen LogP contribution in [0.3, 0.4) is 0 Å². The average Bonchev–Trinajstić information content (AvgIpc) is 2.28. The third-order valence-electron chi connectivity index (χ3n) is 3.34. The van der Waals surface area contributed by atoms with Gasteiger partial charge in [-0.3, -0.25) is 0 Å². The molecule has 16 heavy (non-hydrogen) atoms. The number of carbonyl (C=O) groups is 1. The van der Waals surface area contributed by atoms with Gasteiger partial charge in [0.2, 0.25) is 0 Å². The van der Waals surface area contributed by atoms with E-state index in [0.29, 0.717) is 5.92 Å². The lowest BCUT2D eigenvalue weighted by Crippen LogP contribution is -2.44. The van der Waals surface area contributed by atoms with Gasteiger partial charge in [0.25, 0.3) is 0 Å². The minimum absolute atomic E-state index is 0.0195. The summed E-state index contributed by atoms with van der Waals surface area (Å²) in [5.74, 6) is 1.48. The van der Waals surface area contributed by atoms with E-state index in [4.69, 9.17) is 5.11 Å². The van der Waals surface area contributed by atoms with Crippen molar-refractivity contribution in [2.75, 3.05) is 13.2 Å². The first-order chi connectivity index (χ1) is 7.61. The quantitative estimate of drug-likeness (QED) is 0.682. The first kappa shape index (κ1) is 13.3. The smallest absolute Gasteiger partial charge is 0.315 e. The normalized spacial score (nSPS) is 27.2. The Labute approximate surface area is 97.8 Å². The molecule has 1 saturated carbocycles. The Bertz CT molecular complexity index is 213. The van der Waals surface area contributed by atoms with Crippen molar-refractivity contribution >= 4 is 6.03 Å². The molecule has 1 atom stereocenters. The molecular formula is C12H24N2O2. The molecule has 0 radical (unpaired) electrons. The minimum atomic E-state index is -0.175. The van der Waals surface area contributed by atoms with Crippen molar-refractivity contribution in [3.05, 3.63) is 0 Å². The van der Waals surface area contributed by atoms with Crippen molar-refractivity contribution in [1.82, 2.24) is 10.6 Å². The van der Waals surface area contributed by atoms with Crippen LogP contribution >= 0.6 is 0 Å². The van der Waals surface area contributed by atoms with Crippen molar-refractivity contribution in [3.63, 3.8) is 0 Å². The summed E-state index contributed by atoms with van der Waals surface area (Å²) in [7, 11) is 0. The zero-order valence-corrected chi connectivity index (χ0v) is 10.3. The van der Waals surface area contributed by atoms with Crippen molar-refractivity contribution < 1.29 is 9.90 Å². The summed E-state index contributed by atoms with van der Waals surface area (Å²) in [6.07, 6.45) is 5.00. The Morgan fingerprint density at radius 2 is 2.00 bits per heavy atom. The Hall–Kier alpha value is -0.770. The van der Waals surface area contributed by atoms with Crippen LogP contribution in [-0.2, 0) is 0 Å². The standard InChI is InChI=1S/C12H24N2O2/c1-9-3-5-11(6-4-9)7-13-12(16)14-10(2)8-15/h9-11,15H,3-8H2,1-2H3,(H2,13,14,16)/t9?,10-,11?/m0/s1. The monoisotopic (exact) mass is 228 g/mol. The van der Waals surface area contributed by atoms with E-state index < -0.39 is 0 Å². The molecule has 1 aliphatic rings. The molecule has 0 aromatic heterocycles. The second-order valence-electron chi connectivity index (χ2n) is 5.06. The molecule has 1 fully saturated rings. The summed E-state index contributed by atoms with van der Waals surface area (Å²) in [6, 6.07) is -0.341. The van der Waals surface area contributed by atoms with Gasteiger partial charge in [0.15, 0.2) is 0 Å². The molecule has 3 N–H and O–H groups in total. The molecule has 0 saturated heterocycles.